The summed E-state index contributed by atoms with van der Waals surface area (Å²) in [5, 5.41) is 3.74. The molecule has 0 bridgehead atoms. The smallest absolute Gasteiger partial charge is 0.0713 e. The summed E-state index contributed by atoms with van der Waals surface area (Å²) in [5.74, 6) is 0. The Morgan fingerprint density at radius 1 is 1.15 bits per heavy atom. The minimum Gasteiger partial charge on any atom is -0.380 e. The molecular formula is C17H26N2O. The number of nitrogens with one attached hydrogen (secondary N) is 1. The largest absolute Gasteiger partial charge is 0.380 e. The Labute approximate surface area is 122 Å². The molecule has 0 saturated carbocycles. The topological polar surface area (TPSA) is 24.5 Å². The zero-order chi connectivity index (χ0) is 13.8. The zero-order valence-corrected chi connectivity index (χ0v) is 12.5. The first-order chi connectivity index (χ1) is 9.85. The summed E-state index contributed by atoms with van der Waals surface area (Å²) in [5.41, 5.74) is 2.62. The van der Waals surface area contributed by atoms with Crippen molar-refractivity contribution < 1.29 is 4.74 Å². The van der Waals surface area contributed by atoms with Gasteiger partial charge in [0.05, 0.1) is 6.61 Å². The van der Waals surface area contributed by atoms with Crippen molar-refractivity contribution in [3.05, 3.63) is 35.4 Å². The Hall–Kier alpha value is -0.900. The Bertz CT molecular complexity index is 418. The summed E-state index contributed by atoms with van der Waals surface area (Å²) in [7, 11) is 1.74. The molecule has 2 aliphatic rings. The molecule has 0 aromatic heterocycles. The minimum absolute atomic E-state index is 0.702. The van der Waals surface area contributed by atoms with Crippen molar-refractivity contribution in [1.29, 1.82) is 0 Å². The molecule has 0 aliphatic carbocycles. The second-order valence-corrected chi connectivity index (χ2v) is 6.18. The molecular weight excluding hydrogens is 248 g/mol. The molecule has 2 saturated heterocycles. The molecule has 3 nitrogen and oxygen atoms in total. The minimum atomic E-state index is 0.702. The van der Waals surface area contributed by atoms with Crippen LogP contribution in [-0.4, -0.2) is 37.2 Å². The second kappa shape index (κ2) is 6.70. The Morgan fingerprint density at radius 3 is 2.75 bits per heavy atom. The molecule has 0 spiro atoms. The van der Waals surface area contributed by atoms with Gasteiger partial charge in [0, 0.05) is 25.7 Å². The molecule has 2 fully saturated rings. The van der Waals surface area contributed by atoms with Crippen LogP contribution in [0.25, 0.3) is 0 Å². The maximum absolute atomic E-state index is 5.14. The van der Waals surface area contributed by atoms with Crippen LogP contribution < -0.4 is 5.32 Å². The van der Waals surface area contributed by atoms with Crippen LogP contribution in [0.15, 0.2) is 24.3 Å². The van der Waals surface area contributed by atoms with Crippen molar-refractivity contribution in [2.45, 2.75) is 50.9 Å². The molecule has 2 heterocycles. The summed E-state index contributed by atoms with van der Waals surface area (Å²) in [4.78, 5) is 2.68. The fourth-order valence-electron chi connectivity index (χ4n) is 3.59. The Balaban J connectivity index is 1.47. The third-order valence-corrected chi connectivity index (χ3v) is 4.75. The highest BCUT2D eigenvalue weighted by Crippen LogP contribution is 2.26. The molecule has 1 aromatic carbocycles. The van der Waals surface area contributed by atoms with Gasteiger partial charge >= 0.3 is 0 Å². The lowest BCUT2D eigenvalue weighted by molar-refractivity contribution is 0.166. The van der Waals surface area contributed by atoms with Gasteiger partial charge in [-0.3, -0.25) is 0 Å². The van der Waals surface area contributed by atoms with Gasteiger partial charge in [-0.05, 0) is 49.9 Å². The normalized spacial score (nSPS) is 26.6. The van der Waals surface area contributed by atoms with Gasteiger partial charge in [0.2, 0.25) is 0 Å². The van der Waals surface area contributed by atoms with Gasteiger partial charge in [-0.1, -0.05) is 24.3 Å². The van der Waals surface area contributed by atoms with E-state index in [4.69, 9.17) is 4.74 Å². The number of hydrogen-bond donors (Lipinski definition) is 1. The summed E-state index contributed by atoms with van der Waals surface area (Å²) in [6, 6.07) is 10.3. The van der Waals surface area contributed by atoms with E-state index in [2.05, 4.69) is 34.5 Å². The van der Waals surface area contributed by atoms with E-state index in [1.165, 1.54) is 49.9 Å². The number of piperidine rings is 1. The summed E-state index contributed by atoms with van der Waals surface area (Å²) >= 11 is 0. The van der Waals surface area contributed by atoms with Gasteiger partial charge in [0.1, 0.15) is 0 Å². The first kappa shape index (κ1) is 14.1. The van der Waals surface area contributed by atoms with Crippen molar-refractivity contribution in [1.82, 2.24) is 10.2 Å². The van der Waals surface area contributed by atoms with Gasteiger partial charge in [-0.15, -0.1) is 0 Å². The Kier molecular flexibility index (Phi) is 4.71. The van der Waals surface area contributed by atoms with Crippen molar-refractivity contribution in [2.24, 2.45) is 0 Å². The third kappa shape index (κ3) is 3.40. The van der Waals surface area contributed by atoms with Crippen LogP contribution >= 0.6 is 0 Å². The Morgan fingerprint density at radius 2 is 1.95 bits per heavy atom. The van der Waals surface area contributed by atoms with Crippen molar-refractivity contribution in [3.63, 3.8) is 0 Å². The quantitative estimate of drug-likeness (QED) is 0.893. The summed E-state index contributed by atoms with van der Waals surface area (Å²) < 4.78 is 5.14. The van der Waals surface area contributed by atoms with Crippen LogP contribution in [0.1, 0.15) is 36.8 Å². The summed E-state index contributed by atoms with van der Waals surface area (Å²) in [6.45, 7) is 4.31. The van der Waals surface area contributed by atoms with Crippen LogP contribution in [0.4, 0.5) is 0 Å². The van der Waals surface area contributed by atoms with Gasteiger partial charge in [0.15, 0.2) is 0 Å². The van der Waals surface area contributed by atoms with Crippen LogP contribution in [0, 0.1) is 0 Å². The zero-order valence-electron chi connectivity index (χ0n) is 12.5. The number of ether oxygens (including phenoxy) is 1. The first-order valence-electron chi connectivity index (χ1n) is 7.89. The monoisotopic (exact) mass is 274 g/mol. The summed E-state index contributed by atoms with van der Waals surface area (Å²) in [6.07, 6.45) is 5.45. The lowest BCUT2D eigenvalue weighted by Crippen LogP contribution is -2.45. The van der Waals surface area contributed by atoms with Gasteiger partial charge in [0.25, 0.3) is 0 Å². The third-order valence-electron chi connectivity index (χ3n) is 4.75. The van der Waals surface area contributed by atoms with Crippen molar-refractivity contribution in [3.8, 4) is 0 Å². The number of rotatable bonds is 5. The molecule has 3 heteroatoms. The van der Waals surface area contributed by atoms with Crippen LogP contribution in [-0.2, 0) is 17.9 Å². The molecule has 20 heavy (non-hydrogen) atoms. The van der Waals surface area contributed by atoms with E-state index in [-0.39, 0.29) is 0 Å². The predicted molar refractivity (Wildman–Crippen MR) is 81.6 cm³/mol. The number of benzene rings is 1. The van der Waals surface area contributed by atoms with E-state index >= 15 is 0 Å². The maximum atomic E-state index is 5.14. The molecule has 2 unspecified atom stereocenters. The van der Waals surface area contributed by atoms with Crippen LogP contribution in [0.3, 0.4) is 0 Å². The second-order valence-electron chi connectivity index (χ2n) is 6.18. The van der Waals surface area contributed by atoms with E-state index in [0.717, 1.165) is 12.6 Å². The van der Waals surface area contributed by atoms with Crippen molar-refractivity contribution >= 4 is 0 Å². The van der Waals surface area contributed by atoms with Crippen LogP contribution in [0.2, 0.25) is 0 Å². The highest BCUT2D eigenvalue weighted by molar-refractivity contribution is 5.22. The fourth-order valence-corrected chi connectivity index (χ4v) is 3.59. The van der Waals surface area contributed by atoms with E-state index in [1.54, 1.807) is 7.11 Å². The average Bonchev–Trinajstić information content (AvgIpc) is 2.94. The van der Waals surface area contributed by atoms with E-state index in [9.17, 15) is 0 Å². The van der Waals surface area contributed by atoms with Crippen molar-refractivity contribution in [2.75, 3.05) is 20.2 Å². The molecule has 110 valence electrons. The first-order valence-corrected chi connectivity index (χ1v) is 7.89. The maximum Gasteiger partial charge on any atom is 0.0713 e. The van der Waals surface area contributed by atoms with E-state index in [1.807, 2.05) is 0 Å². The van der Waals surface area contributed by atoms with Gasteiger partial charge < -0.3 is 15.0 Å². The number of hydrogen-bond acceptors (Lipinski definition) is 3. The highest BCUT2D eigenvalue weighted by Gasteiger charge is 2.31. The standard InChI is InChI=1S/C17H26N2O/c1-20-13-15-6-4-14(5-7-15)12-18-16-8-10-19-9-2-3-17(19)11-16/h4-7,16-18H,2-3,8-13H2,1H3. The number of methoxy groups -OCH3 is 1. The average molecular weight is 274 g/mol. The lowest BCUT2D eigenvalue weighted by atomic mass is 9.97. The number of fused-ring (bicyclic) bond motifs is 1. The fraction of sp³-hybridized carbons (Fsp3) is 0.647. The molecule has 0 radical (unpaired) electrons. The molecule has 2 aliphatic heterocycles. The van der Waals surface area contributed by atoms with Gasteiger partial charge in [-0.2, -0.15) is 0 Å². The lowest BCUT2D eigenvalue weighted by Gasteiger charge is -2.35. The van der Waals surface area contributed by atoms with E-state index in [0.29, 0.717) is 12.6 Å². The number of nitrogens with zero attached hydrogens (tertiary/aromatic N) is 1. The molecule has 2 atom stereocenters. The predicted octanol–water partition coefficient (Wildman–Crippen LogP) is 2.55. The van der Waals surface area contributed by atoms with E-state index < -0.39 is 0 Å². The van der Waals surface area contributed by atoms with Crippen LogP contribution in [0.5, 0.6) is 0 Å². The molecule has 1 aromatic rings. The van der Waals surface area contributed by atoms with Gasteiger partial charge in [-0.25, -0.2) is 0 Å². The SMILES string of the molecule is COCc1ccc(CNC2CCN3CCCC3C2)cc1. The highest BCUT2D eigenvalue weighted by atomic mass is 16.5. The molecule has 3 rings (SSSR count). The molecule has 1 N–H and O–H groups in total. The molecule has 0 amide bonds.